The largest absolute Gasteiger partial charge is 0.344 e. The lowest BCUT2D eigenvalue weighted by Gasteiger charge is -2.33. The molecule has 28 heavy (non-hydrogen) atoms. The quantitative estimate of drug-likeness (QED) is 0.475. The van der Waals surface area contributed by atoms with Gasteiger partial charge in [0.15, 0.2) is 0 Å². The summed E-state index contributed by atoms with van der Waals surface area (Å²) >= 11 is 0. The number of rotatable bonds is 3. The third-order valence-corrected chi connectivity index (χ3v) is 5.72. The van der Waals surface area contributed by atoms with Gasteiger partial charge in [0.25, 0.3) is 11.7 Å². The van der Waals surface area contributed by atoms with Crippen LogP contribution in [0.1, 0.15) is 69.3 Å². The van der Waals surface area contributed by atoms with Gasteiger partial charge in [0, 0.05) is 5.56 Å². The molecule has 1 aromatic carbocycles. The predicted octanol–water partition coefficient (Wildman–Crippen LogP) is 2.70. The molecule has 7 nitrogen and oxygen atoms in total. The number of imide groups is 1. The molecule has 2 fully saturated rings. The third kappa shape index (κ3) is 3.66. The van der Waals surface area contributed by atoms with Gasteiger partial charge in [0.05, 0.1) is 0 Å². The minimum absolute atomic E-state index is 0.0737. The van der Waals surface area contributed by atoms with E-state index in [0.717, 1.165) is 18.4 Å². The van der Waals surface area contributed by atoms with Gasteiger partial charge in [-0.2, -0.15) is 5.01 Å². The van der Waals surface area contributed by atoms with Gasteiger partial charge in [-0.1, -0.05) is 52.0 Å². The monoisotopic (exact) mass is 385 g/mol. The molecule has 150 valence electrons. The van der Waals surface area contributed by atoms with E-state index in [1.807, 2.05) is 0 Å². The zero-order valence-electron chi connectivity index (χ0n) is 16.8. The normalized spacial score (nSPS) is 25.0. The number of carbonyl (C=O) groups is 4. The molecule has 1 aliphatic carbocycles. The minimum Gasteiger partial charge on any atom is -0.322 e. The summed E-state index contributed by atoms with van der Waals surface area (Å²) in [6.45, 7) is 8.26. The molecule has 1 heterocycles. The van der Waals surface area contributed by atoms with Crippen LogP contribution in [-0.2, 0) is 15.0 Å². The Balaban J connectivity index is 1.69. The lowest BCUT2D eigenvalue weighted by Crippen LogP contribution is -2.52. The molecule has 1 spiro atoms. The highest BCUT2D eigenvalue weighted by Crippen LogP contribution is 2.35. The van der Waals surface area contributed by atoms with Crippen LogP contribution in [0.15, 0.2) is 24.3 Å². The van der Waals surface area contributed by atoms with E-state index in [2.05, 4.69) is 38.4 Å². The number of benzene rings is 1. The Kier molecular flexibility index (Phi) is 5.04. The van der Waals surface area contributed by atoms with Crippen LogP contribution in [0.5, 0.6) is 0 Å². The summed E-state index contributed by atoms with van der Waals surface area (Å²) in [7, 11) is 0. The highest BCUT2D eigenvalue weighted by molar-refractivity contribution is 6.43. The first-order valence-corrected chi connectivity index (χ1v) is 9.66. The topological polar surface area (TPSA) is 95.6 Å². The standard InChI is InChI=1S/C21H27N3O4/c1-13-9-11-21(12-10-13)18(27)24(19(28)22-21)23-17(26)16(25)14-5-7-15(8-6-14)20(2,3)4/h5-8,13H,9-12H2,1-4H3,(H,22,28)(H,23,26). The maximum atomic E-state index is 12.8. The fourth-order valence-electron chi connectivity index (χ4n) is 3.72. The van der Waals surface area contributed by atoms with E-state index < -0.39 is 29.2 Å². The molecule has 1 aliphatic heterocycles. The number of ketones is 1. The number of nitrogens with one attached hydrogen (secondary N) is 2. The molecular formula is C21H27N3O4. The van der Waals surface area contributed by atoms with Crippen molar-refractivity contribution >= 4 is 23.6 Å². The summed E-state index contributed by atoms with van der Waals surface area (Å²) in [6.07, 6.45) is 2.72. The van der Waals surface area contributed by atoms with Gasteiger partial charge >= 0.3 is 11.9 Å². The van der Waals surface area contributed by atoms with Gasteiger partial charge in [-0.3, -0.25) is 14.4 Å². The SMILES string of the molecule is CC1CCC2(CC1)NC(=O)N(NC(=O)C(=O)c1ccc(C(C)(C)C)cc1)C2=O. The first-order valence-electron chi connectivity index (χ1n) is 9.66. The van der Waals surface area contributed by atoms with Gasteiger partial charge < -0.3 is 5.32 Å². The van der Waals surface area contributed by atoms with Crippen molar-refractivity contribution in [3.8, 4) is 0 Å². The maximum Gasteiger partial charge on any atom is 0.344 e. The molecule has 0 atom stereocenters. The molecule has 0 aromatic heterocycles. The number of urea groups is 1. The lowest BCUT2D eigenvalue weighted by atomic mass is 9.77. The van der Waals surface area contributed by atoms with Crippen LogP contribution in [0.3, 0.4) is 0 Å². The fourth-order valence-corrected chi connectivity index (χ4v) is 3.72. The number of hydrazine groups is 1. The number of hydrogen-bond donors (Lipinski definition) is 2. The highest BCUT2D eigenvalue weighted by Gasteiger charge is 2.53. The molecule has 0 bridgehead atoms. The van der Waals surface area contributed by atoms with Crippen molar-refractivity contribution in [1.82, 2.24) is 15.8 Å². The summed E-state index contributed by atoms with van der Waals surface area (Å²) in [4.78, 5) is 49.8. The van der Waals surface area contributed by atoms with Gasteiger partial charge in [0.1, 0.15) is 5.54 Å². The van der Waals surface area contributed by atoms with E-state index in [0.29, 0.717) is 23.8 Å². The Morgan fingerprint density at radius 1 is 1.11 bits per heavy atom. The predicted molar refractivity (Wildman–Crippen MR) is 103 cm³/mol. The van der Waals surface area contributed by atoms with Crippen molar-refractivity contribution in [2.45, 2.75) is 64.3 Å². The van der Waals surface area contributed by atoms with E-state index in [1.165, 1.54) is 0 Å². The van der Waals surface area contributed by atoms with E-state index in [-0.39, 0.29) is 11.0 Å². The first kappa shape index (κ1) is 20.0. The molecule has 1 aromatic rings. The Hall–Kier alpha value is -2.70. The molecule has 4 amide bonds. The molecule has 7 heteroatoms. The fraction of sp³-hybridized carbons (Fsp3) is 0.524. The van der Waals surface area contributed by atoms with Crippen LogP contribution in [0.25, 0.3) is 0 Å². The highest BCUT2D eigenvalue weighted by atomic mass is 16.2. The smallest absolute Gasteiger partial charge is 0.322 e. The van der Waals surface area contributed by atoms with Crippen LogP contribution < -0.4 is 10.7 Å². The molecule has 0 radical (unpaired) electrons. The van der Waals surface area contributed by atoms with Crippen molar-refractivity contribution in [3.63, 3.8) is 0 Å². The van der Waals surface area contributed by atoms with E-state index in [1.54, 1.807) is 24.3 Å². The maximum absolute atomic E-state index is 12.8. The van der Waals surface area contributed by atoms with Crippen LogP contribution >= 0.6 is 0 Å². The van der Waals surface area contributed by atoms with Crippen molar-refractivity contribution in [3.05, 3.63) is 35.4 Å². The van der Waals surface area contributed by atoms with Crippen LogP contribution in [-0.4, -0.2) is 34.2 Å². The minimum atomic E-state index is -1.01. The molecule has 1 saturated heterocycles. The Labute approximate surface area is 164 Å². The molecule has 2 N–H and O–H groups in total. The Bertz CT molecular complexity index is 815. The second-order valence-corrected chi connectivity index (χ2v) is 8.93. The molecule has 0 unspecified atom stereocenters. The Morgan fingerprint density at radius 2 is 1.68 bits per heavy atom. The summed E-state index contributed by atoms with van der Waals surface area (Å²) in [5, 5.41) is 3.36. The van der Waals surface area contributed by atoms with Crippen LogP contribution in [0.4, 0.5) is 4.79 Å². The van der Waals surface area contributed by atoms with Crippen molar-refractivity contribution in [2.24, 2.45) is 5.92 Å². The lowest BCUT2D eigenvalue weighted by molar-refractivity contribution is -0.138. The average Bonchev–Trinajstić information content (AvgIpc) is 2.87. The van der Waals surface area contributed by atoms with Crippen LogP contribution in [0, 0.1) is 5.92 Å². The number of Topliss-reactive ketones (excluding diaryl/α,β-unsaturated/α-hetero) is 1. The zero-order valence-corrected chi connectivity index (χ0v) is 16.8. The van der Waals surface area contributed by atoms with Gasteiger partial charge in [-0.25, -0.2) is 10.2 Å². The summed E-state index contributed by atoms with van der Waals surface area (Å²) in [5.74, 6) is -1.79. The number of nitrogens with zero attached hydrogens (tertiary/aromatic N) is 1. The summed E-state index contributed by atoms with van der Waals surface area (Å²) in [6, 6.07) is 6.07. The Morgan fingerprint density at radius 3 is 2.21 bits per heavy atom. The van der Waals surface area contributed by atoms with Gasteiger partial charge in [0.2, 0.25) is 0 Å². The van der Waals surface area contributed by atoms with E-state index in [4.69, 9.17) is 0 Å². The number of amides is 4. The zero-order chi connectivity index (χ0) is 20.7. The van der Waals surface area contributed by atoms with Crippen molar-refractivity contribution in [2.75, 3.05) is 0 Å². The van der Waals surface area contributed by atoms with E-state index >= 15 is 0 Å². The summed E-state index contributed by atoms with van der Waals surface area (Å²) < 4.78 is 0. The second-order valence-electron chi connectivity index (χ2n) is 8.93. The van der Waals surface area contributed by atoms with E-state index in [9.17, 15) is 19.2 Å². The number of hydrogen-bond acceptors (Lipinski definition) is 4. The van der Waals surface area contributed by atoms with Crippen molar-refractivity contribution < 1.29 is 19.2 Å². The van der Waals surface area contributed by atoms with Crippen LogP contribution in [0.2, 0.25) is 0 Å². The van der Waals surface area contributed by atoms with Crippen molar-refractivity contribution in [1.29, 1.82) is 0 Å². The molecule has 3 rings (SSSR count). The molecular weight excluding hydrogens is 358 g/mol. The second kappa shape index (κ2) is 7.04. The summed E-state index contributed by atoms with van der Waals surface area (Å²) in [5.41, 5.74) is 2.39. The number of carbonyl (C=O) groups excluding carboxylic acids is 4. The van der Waals surface area contributed by atoms with Gasteiger partial charge in [-0.05, 0) is 42.6 Å². The van der Waals surface area contributed by atoms with Gasteiger partial charge in [-0.15, -0.1) is 0 Å². The third-order valence-electron chi connectivity index (χ3n) is 5.72. The molecule has 2 aliphatic rings. The average molecular weight is 385 g/mol. The molecule has 1 saturated carbocycles. The first-order chi connectivity index (χ1) is 13.0.